The van der Waals surface area contributed by atoms with Gasteiger partial charge in [-0.3, -0.25) is 0 Å². The summed E-state index contributed by atoms with van der Waals surface area (Å²) in [6, 6.07) is 0. The molecule has 0 aromatic carbocycles. The molecule has 262 valence electrons. The lowest BCUT2D eigenvalue weighted by Crippen LogP contribution is -2.62. The molecule has 2 aliphatic heterocycles. The van der Waals surface area contributed by atoms with Crippen LogP contribution in [0.1, 0.15) is 146 Å². The van der Waals surface area contributed by atoms with Gasteiger partial charge in [0.2, 0.25) is 0 Å². The van der Waals surface area contributed by atoms with Crippen molar-refractivity contribution in [3.63, 3.8) is 0 Å². The molecule has 2 rings (SSSR count). The number of quaternary nitrogens is 4. The molecule has 0 aromatic rings. The lowest BCUT2D eigenvalue weighted by molar-refractivity contribution is -0.968. The van der Waals surface area contributed by atoms with Gasteiger partial charge in [0.25, 0.3) is 0 Å². The van der Waals surface area contributed by atoms with Crippen molar-refractivity contribution in [3.05, 3.63) is 0 Å². The van der Waals surface area contributed by atoms with E-state index in [2.05, 4.69) is 83.3 Å². The van der Waals surface area contributed by atoms with Crippen LogP contribution in [0.5, 0.6) is 0 Å². The van der Waals surface area contributed by atoms with E-state index in [0.717, 1.165) is 11.8 Å². The Morgan fingerprint density at radius 2 is 1.05 bits per heavy atom. The molecule has 0 atom stereocenters. The summed E-state index contributed by atoms with van der Waals surface area (Å²) in [5.41, 5.74) is 0.809. The molecule has 0 spiro atoms. The molecule has 0 N–H and O–H groups in total. The van der Waals surface area contributed by atoms with Crippen LogP contribution in [-0.4, -0.2) is 122 Å². The minimum atomic E-state index is 0.403. The van der Waals surface area contributed by atoms with Gasteiger partial charge in [-0.1, -0.05) is 19.3 Å². The number of rotatable bonds is 21. The van der Waals surface area contributed by atoms with E-state index >= 15 is 0 Å². The van der Waals surface area contributed by atoms with Crippen molar-refractivity contribution in [3.8, 4) is 0 Å². The SMILES string of the molecule is CC[N+](CC)(CC)CCCC(C)(C)[N+]1(C)CCC(CCCC2CC[N+](C)(CCCCC(C)(C)[N+](CC)(CC)CC)CC2)CC1. The number of likely N-dealkylation sites (tertiary alicyclic amines) is 2. The van der Waals surface area contributed by atoms with E-state index in [-0.39, 0.29) is 0 Å². The molecule has 2 saturated heterocycles. The van der Waals surface area contributed by atoms with Crippen LogP contribution in [0.25, 0.3) is 0 Å². The first-order valence-corrected chi connectivity index (χ1v) is 20.0. The predicted molar refractivity (Wildman–Crippen MR) is 196 cm³/mol. The predicted octanol–water partition coefficient (Wildman–Crippen LogP) is 9.13. The number of hydrogen-bond acceptors (Lipinski definition) is 0. The van der Waals surface area contributed by atoms with Crippen LogP contribution in [0.15, 0.2) is 0 Å². The zero-order chi connectivity index (χ0) is 33.1. The standard InChI is InChI=1S/C40H86N4/c1-13-43(14-2,15-3)32-22-30-39(7,8)42(12)35-27-38(28-36-42)24-21-23-37-25-33-41(11,34-26-37)31-20-19-29-40(9,10)44(16-4,17-5)18-6/h37-38H,13-36H2,1-12H3/q+4. The van der Waals surface area contributed by atoms with Crippen LogP contribution in [-0.2, 0) is 0 Å². The molecule has 0 amide bonds. The molecule has 2 fully saturated rings. The van der Waals surface area contributed by atoms with Crippen LogP contribution in [0.3, 0.4) is 0 Å². The van der Waals surface area contributed by atoms with Gasteiger partial charge >= 0.3 is 0 Å². The van der Waals surface area contributed by atoms with Gasteiger partial charge < -0.3 is 17.9 Å². The number of unbranched alkanes of at least 4 members (excludes halogenated alkanes) is 1. The normalized spacial score (nSPS) is 27.5. The highest BCUT2D eigenvalue weighted by Crippen LogP contribution is 2.37. The molecule has 2 heterocycles. The van der Waals surface area contributed by atoms with Crippen LogP contribution < -0.4 is 0 Å². The number of piperidine rings is 2. The second-order valence-corrected chi connectivity index (χ2v) is 17.7. The summed E-state index contributed by atoms with van der Waals surface area (Å²) in [7, 11) is 5.15. The van der Waals surface area contributed by atoms with E-state index in [9.17, 15) is 0 Å². The molecule has 0 aliphatic carbocycles. The first-order chi connectivity index (χ1) is 20.6. The molecule has 0 unspecified atom stereocenters. The van der Waals surface area contributed by atoms with Crippen molar-refractivity contribution in [1.82, 2.24) is 0 Å². The Kier molecular flexibility index (Phi) is 15.7. The molecule has 0 aromatic heterocycles. The van der Waals surface area contributed by atoms with Gasteiger partial charge in [0.05, 0.1) is 104 Å². The third-order valence-corrected chi connectivity index (χ3v) is 15.2. The van der Waals surface area contributed by atoms with Gasteiger partial charge in [-0.2, -0.15) is 0 Å². The molecular formula is C40H86N4+4. The quantitative estimate of drug-likeness (QED) is 0.0885. The third kappa shape index (κ3) is 10.2. The smallest absolute Gasteiger partial charge is 0.0935 e. The zero-order valence-electron chi connectivity index (χ0n) is 32.9. The van der Waals surface area contributed by atoms with E-state index in [1.807, 2.05) is 0 Å². The summed E-state index contributed by atoms with van der Waals surface area (Å²) in [6.07, 6.45) is 17.3. The summed E-state index contributed by atoms with van der Waals surface area (Å²) >= 11 is 0. The monoisotopic (exact) mass is 623 g/mol. The Morgan fingerprint density at radius 3 is 1.50 bits per heavy atom. The Labute approximate surface area is 279 Å². The fraction of sp³-hybridized carbons (Fsp3) is 1.00. The summed E-state index contributed by atoms with van der Waals surface area (Å²) in [5.74, 6) is 1.99. The Hall–Kier alpha value is -0.160. The van der Waals surface area contributed by atoms with Crippen molar-refractivity contribution in [1.29, 1.82) is 0 Å². The van der Waals surface area contributed by atoms with Crippen molar-refractivity contribution in [2.45, 2.75) is 157 Å². The van der Waals surface area contributed by atoms with E-state index < -0.39 is 0 Å². The average molecular weight is 623 g/mol. The summed E-state index contributed by atoms with van der Waals surface area (Å²) < 4.78 is 5.23. The molecule has 44 heavy (non-hydrogen) atoms. The van der Waals surface area contributed by atoms with Crippen molar-refractivity contribution < 1.29 is 17.9 Å². The molecule has 2 aliphatic rings. The Balaban J connectivity index is 1.67. The summed E-state index contributed by atoms with van der Waals surface area (Å²) in [6.45, 7) is 40.7. The first-order valence-electron chi connectivity index (χ1n) is 20.0. The molecule has 0 radical (unpaired) electrons. The van der Waals surface area contributed by atoms with Crippen molar-refractivity contribution in [2.24, 2.45) is 11.8 Å². The van der Waals surface area contributed by atoms with Gasteiger partial charge in [0.15, 0.2) is 0 Å². The maximum atomic E-state index is 2.59. The van der Waals surface area contributed by atoms with Crippen LogP contribution in [0.2, 0.25) is 0 Å². The van der Waals surface area contributed by atoms with E-state index in [1.165, 1.54) is 174 Å². The molecule has 4 heteroatoms. The highest BCUT2D eigenvalue weighted by molar-refractivity contribution is 4.76. The van der Waals surface area contributed by atoms with Gasteiger partial charge in [-0.05, 0) is 120 Å². The van der Waals surface area contributed by atoms with Crippen LogP contribution in [0, 0.1) is 11.8 Å². The van der Waals surface area contributed by atoms with Gasteiger partial charge in [-0.25, -0.2) is 0 Å². The highest BCUT2D eigenvalue weighted by atomic mass is 15.4. The van der Waals surface area contributed by atoms with Crippen molar-refractivity contribution >= 4 is 0 Å². The Bertz CT molecular complexity index is 761. The van der Waals surface area contributed by atoms with E-state index in [0.29, 0.717) is 11.1 Å². The number of nitrogens with zero attached hydrogens (tertiary/aromatic N) is 4. The summed E-state index contributed by atoms with van der Waals surface area (Å²) in [4.78, 5) is 0. The van der Waals surface area contributed by atoms with Crippen LogP contribution >= 0.6 is 0 Å². The average Bonchev–Trinajstić information content (AvgIpc) is 3.01. The molecule has 4 nitrogen and oxygen atoms in total. The lowest BCUT2D eigenvalue weighted by Gasteiger charge is -2.51. The maximum absolute atomic E-state index is 2.59. The third-order valence-electron chi connectivity index (χ3n) is 15.2. The topological polar surface area (TPSA) is 0 Å². The second-order valence-electron chi connectivity index (χ2n) is 17.7. The van der Waals surface area contributed by atoms with Crippen LogP contribution in [0.4, 0.5) is 0 Å². The Morgan fingerprint density at radius 1 is 0.568 bits per heavy atom. The maximum Gasteiger partial charge on any atom is 0.0935 e. The summed E-state index contributed by atoms with van der Waals surface area (Å²) in [5, 5.41) is 0. The fourth-order valence-corrected chi connectivity index (χ4v) is 10.0. The minimum Gasteiger partial charge on any atom is -0.326 e. The first kappa shape index (κ1) is 40.0. The van der Waals surface area contributed by atoms with Gasteiger partial charge in [0, 0.05) is 19.3 Å². The lowest BCUT2D eigenvalue weighted by atomic mass is 9.83. The highest BCUT2D eigenvalue weighted by Gasteiger charge is 2.43. The largest absolute Gasteiger partial charge is 0.326 e. The zero-order valence-corrected chi connectivity index (χ0v) is 32.9. The van der Waals surface area contributed by atoms with E-state index in [4.69, 9.17) is 0 Å². The van der Waals surface area contributed by atoms with Gasteiger partial charge in [0.1, 0.15) is 0 Å². The van der Waals surface area contributed by atoms with E-state index in [1.54, 1.807) is 0 Å². The second kappa shape index (κ2) is 17.3. The molecule has 0 saturated carbocycles. The fourth-order valence-electron chi connectivity index (χ4n) is 10.0. The molecule has 0 bridgehead atoms. The number of hydrogen-bond donors (Lipinski definition) is 0. The minimum absolute atomic E-state index is 0.403. The van der Waals surface area contributed by atoms with Crippen molar-refractivity contribution in [2.75, 3.05) is 92.6 Å². The van der Waals surface area contributed by atoms with Gasteiger partial charge in [-0.15, -0.1) is 0 Å². The molecular weight excluding hydrogens is 536 g/mol.